The van der Waals surface area contributed by atoms with Crippen LogP contribution >= 0.6 is 11.3 Å². The number of halogens is 1. The van der Waals surface area contributed by atoms with Crippen LogP contribution in [0.5, 0.6) is 0 Å². The fourth-order valence-corrected chi connectivity index (χ4v) is 3.26. The number of benzene rings is 1. The SMILES string of the molecule is CCCc1nc(C(C)(C)c2ccc(F)cc2)sc1C(=O)O. The van der Waals surface area contributed by atoms with E-state index in [0.717, 1.165) is 17.0 Å². The molecule has 0 fully saturated rings. The van der Waals surface area contributed by atoms with Crippen LogP contribution in [0.3, 0.4) is 0 Å². The van der Waals surface area contributed by atoms with E-state index in [1.165, 1.54) is 23.5 Å². The van der Waals surface area contributed by atoms with Gasteiger partial charge in [0.1, 0.15) is 15.7 Å². The zero-order valence-corrected chi connectivity index (χ0v) is 13.1. The van der Waals surface area contributed by atoms with Gasteiger partial charge in [-0.25, -0.2) is 14.2 Å². The maximum Gasteiger partial charge on any atom is 0.347 e. The predicted molar refractivity (Wildman–Crippen MR) is 81.6 cm³/mol. The second-order valence-corrected chi connectivity index (χ2v) is 6.48. The van der Waals surface area contributed by atoms with E-state index in [0.29, 0.717) is 17.0 Å². The highest BCUT2D eigenvalue weighted by molar-refractivity contribution is 7.13. The molecule has 1 aromatic heterocycles. The molecule has 0 aliphatic heterocycles. The summed E-state index contributed by atoms with van der Waals surface area (Å²) in [5.74, 6) is -1.22. The fraction of sp³-hybridized carbons (Fsp3) is 0.375. The van der Waals surface area contributed by atoms with Crippen LogP contribution in [0.1, 0.15) is 53.1 Å². The number of thiazole rings is 1. The maximum absolute atomic E-state index is 13.1. The Hall–Kier alpha value is -1.75. The third-order valence-electron chi connectivity index (χ3n) is 3.48. The normalized spacial score (nSPS) is 11.6. The van der Waals surface area contributed by atoms with E-state index in [9.17, 15) is 14.3 Å². The number of carbonyl (C=O) groups is 1. The second-order valence-electron chi connectivity index (χ2n) is 5.48. The van der Waals surface area contributed by atoms with E-state index in [-0.39, 0.29) is 5.82 Å². The van der Waals surface area contributed by atoms with Crippen molar-refractivity contribution in [3.63, 3.8) is 0 Å². The molecule has 1 aromatic carbocycles. The Morgan fingerprint density at radius 3 is 2.48 bits per heavy atom. The summed E-state index contributed by atoms with van der Waals surface area (Å²) in [5.41, 5.74) is 1.10. The third kappa shape index (κ3) is 3.13. The summed E-state index contributed by atoms with van der Waals surface area (Å²) < 4.78 is 13.1. The maximum atomic E-state index is 13.1. The Labute approximate surface area is 127 Å². The molecule has 0 aliphatic carbocycles. The van der Waals surface area contributed by atoms with Gasteiger partial charge in [-0.2, -0.15) is 0 Å². The minimum absolute atomic E-state index is 0.286. The largest absolute Gasteiger partial charge is 0.477 e. The average molecular weight is 307 g/mol. The molecule has 1 heterocycles. The summed E-state index contributed by atoms with van der Waals surface area (Å²) in [6.07, 6.45) is 1.50. The van der Waals surface area contributed by atoms with Gasteiger partial charge in [0.25, 0.3) is 0 Å². The molecule has 0 amide bonds. The first kappa shape index (κ1) is 15.6. The van der Waals surface area contributed by atoms with Crippen LogP contribution in [-0.4, -0.2) is 16.1 Å². The number of carboxylic acid groups (broad SMARTS) is 1. The first-order chi connectivity index (χ1) is 9.86. The summed E-state index contributed by atoms with van der Waals surface area (Å²) in [4.78, 5) is 16.2. The number of aromatic nitrogens is 1. The minimum Gasteiger partial charge on any atom is -0.477 e. The lowest BCUT2D eigenvalue weighted by Gasteiger charge is -2.22. The van der Waals surface area contributed by atoms with Crippen molar-refractivity contribution in [2.24, 2.45) is 0 Å². The molecule has 0 radical (unpaired) electrons. The van der Waals surface area contributed by atoms with Crippen molar-refractivity contribution < 1.29 is 14.3 Å². The molecule has 0 bridgehead atoms. The van der Waals surface area contributed by atoms with Gasteiger partial charge in [0.15, 0.2) is 0 Å². The van der Waals surface area contributed by atoms with Crippen molar-refractivity contribution in [3.05, 3.63) is 51.2 Å². The van der Waals surface area contributed by atoms with Crippen LogP contribution in [0.2, 0.25) is 0 Å². The quantitative estimate of drug-likeness (QED) is 0.898. The molecule has 0 saturated carbocycles. The summed E-state index contributed by atoms with van der Waals surface area (Å²) in [5, 5.41) is 10.0. The highest BCUT2D eigenvalue weighted by atomic mass is 32.1. The summed E-state index contributed by atoms with van der Waals surface area (Å²) >= 11 is 1.21. The van der Waals surface area contributed by atoms with Gasteiger partial charge in [-0.15, -0.1) is 11.3 Å². The van der Waals surface area contributed by atoms with Gasteiger partial charge in [0, 0.05) is 5.41 Å². The van der Waals surface area contributed by atoms with E-state index in [1.807, 2.05) is 20.8 Å². The molecule has 1 N–H and O–H groups in total. The molecular weight excluding hydrogens is 289 g/mol. The number of aryl methyl sites for hydroxylation is 1. The van der Waals surface area contributed by atoms with Gasteiger partial charge in [-0.3, -0.25) is 0 Å². The molecule has 21 heavy (non-hydrogen) atoms. The molecule has 0 unspecified atom stereocenters. The van der Waals surface area contributed by atoms with E-state index < -0.39 is 11.4 Å². The Morgan fingerprint density at radius 1 is 1.33 bits per heavy atom. The first-order valence-electron chi connectivity index (χ1n) is 6.85. The fourth-order valence-electron chi connectivity index (χ4n) is 2.18. The first-order valence-corrected chi connectivity index (χ1v) is 7.67. The average Bonchev–Trinajstić information content (AvgIpc) is 2.84. The molecule has 5 heteroatoms. The van der Waals surface area contributed by atoms with E-state index >= 15 is 0 Å². The summed E-state index contributed by atoms with van der Waals surface area (Å²) in [6, 6.07) is 6.26. The van der Waals surface area contributed by atoms with Crippen molar-refractivity contribution >= 4 is 17.3 Å². The molecular formula is C16H18FNO2S. The Balaban J connectivity index is 2.46. The van der Waals surface area contributed by atoms with Gasteiger partial charge in [0.05, 0.1) is 5.69 Å². The van der Waals surface area contributed by atoms with Crippen LogP contribution in [0.15, 0.2) is 24.3 Å². The van der Waals surface area contributed by atoms with Gasteiger partial charge in [-0.05, 0) is 38.0 Å². The topological polar surface area (TPSA) is 50.2 Å². The van der Waals surface area contributed by atoms with Crippen molar-refractivity contribution in [1.29, 1.82) is 0 Å². The zero-order valence-electron chi connectivity index (χ0n) is 12.3. The Bertz CT molecular complexity index is 647. The molecule has 112 valence electrons. The molecule has 0 atom stereocenters. The highest BCUT2D eigenvalue weighted by Crippen LogP contribution is 2.36. The Morgan fingerprint density at radius 2 is 1.95 bits per heavy atom. The van der Waals surface area contributed by atoms with Gasteiger partial charge in [0.2, 0.25) is 0 Å². The lowest BCUT2D eigenvalue weighted by molar-refractivity contribution is 0.0700. The van der Waals surface area contributed by atoms with Crippen LogP contribution < -0.4 is 0 Å². The van der Waals surface area contributed by atoms with Crippen molar-refractivity contribution in [1.82, 2.24) is 4.98 Å². The Kier molecular flexibility index (Phi) is 4.42. The standard InChI is InChI=1S/C16H18FNO2S/c1-4-5-12-13(14(19)20)21-15(18-12)16(2,3)10-6-8-11(17)9-7-10/h6-9H,4-5H2,1-3H3,(H,19,20). The third-order valence-corrected chi connectivity index (χ3v) is 4.89. The molecule has 3 nitrogen and oxygen atoms in total. The van der Waals surface area contributed by atoms with Crippen LogP contribution in [0.25, 0.3) is 0 Å². The number of hydrogen-bond donors (Lipinski definition) is 1. The van der Waals surface area contributed by atoms with Gasteiger partial charge in [-0.1, -0.05) is 25.5 Å². The van der Waals surface area contributed by atoms with Gasteiger partial charge < -0.3 is 5.11 Å². The molecule has 2 rings (SSSR count). The summed E-state index contributed by atoms with van der Waals surface area (Å²) in [6.45, 7) is 5.94. The predicted octanol–water partition coefficient (Wildman–Crippen LogP) is 4.26. The summed E-state index contributed by atoms with van der Waals surface area (Å²) in [7, 11) is 0. The van der Waals surface area contributed by atoms with Crippen molar-refractivity contribution in [2.75, 3.05) is 0 Å². The van der Waals surface area contributed by atoms with Crippen molar-refractivity contribution in [3.8, 4) is 0 Å². The number of rotatable bonds is 5. The molecule has 2 aromatic rings. The number of carboxylic acids is 1. The smallest absolute Gasteiger partial charge is 0.347 e. The van der Waals surface area contributed by atoms with E-state index in [1.54, 1.807) is 12.1 Å². The zero-order chi connectivity index (χ0) is 15.6. The van der Waals surface area contributed by atoms with Crippen LogP contribution in [-0.2, 0) is 11.8 Å². The number of aromatic carboxylic acids is 1. The molecule has 0 saturated heterocycles. The van der Waals surface area contributed by atoms with E-state index in [4.69, 9.17) is 0 Å². The lowest BCUT2D eigenvalue weighted by atomic mass is 9.85. The number of nitrogens with zero attached hydrogens (tertiary/aromatic N) is 1. The second kappa shape index (κ2) is 5.93. The highest BCUT2D eigenvalue weighted by Gasteiger charge is 2.29. The van der Waals surface area contributed by atoms with Gasteiger partial charge >= 0.3 is 5.97 Å². The monoisotopic (exact) mass is 307 g/mol. The van der Waals surface area contributed by atoms with Crippen LogP contribution in [0.4, 0.5) is 4.39 Å². The van der Waals surface area contributed by atoms with Crippen LogP contribution in [0, 0.1) is 5.82 Å². The van der Waals surface area contributed by atoms with E-state index in [2.05, 4.69) is 4.98 Å². The number of hydrogen-bond acceptors (Lipinski definition) is 3. The minimum atomic E-state index is -0.933. The van der Waals surface area contributed by atoms with Crippen molar-refractivity contribution in [2.45, 2.75) is 39.0 Å². The molecule has 0 spiro atoms. The molecule has 0 aliphatic rings. The lowest BCUT2D eigenvalue weighted by Crippen LogP contribution is -2.18.